The van der Waals surface area contributed by atoms with E-state index in [9.17, 15) is 9.59 Å². The Hall–Kier alpha value is -2.19. The Morgan fingerprint density at radius 3 is 2.00 bits per heavy atom. The SMILES string of the molecule is CCCCCCCCOC(=O)C(C(=O)c1c(C)cc(C)cc1C)c1ccccc1.O=[PH3]. The predicted octanol–water partition coefficient (Wildman–Crippen LogP) is 6.42. The molecule has 2 atom stereocenters. The predicted molar refractivity (Wildman–Crippen MR) is 130 cm³/mol. The Balaban J connectivity index is 0.00000233. The van der Waals surface area contributed by atoms with Crippen LogP contribution in [0.2, 0.25) is 0 Å². The fourth-order valence-corrected chi connectivity index (χ4v) is 3.89. The molecule has 170 valence electrons. The first-order valence-corrected chi connectivity index (χ1v) is 11.7. The van der Waals surface area contributed by atoms with Gasteiger partial charge >= 0.3 is 5.97 Å². The molecule has 0 fully saturated rings. The highest BCUT2D eigenvalue weighted by atomic mass is 31.0. The van der Waals surface area contributed by atoms with Crippen LogP contribution in [0.3, 0.4) is 0 Å². The third-order valence-electron chi connectivity index (χ3n) is 5.30. The van der Waals surface area contributed by atoms with Gasteiger partial charge in [0.1, 0.15) is 5.92 Å². The van der Waals surface area contributed by atoms with Crippen molar-refractivity contribution in [3.05, 3.63) is 70.3 Å². The lowest BCUT2D eigenvalue weighted by molar-refractivity contribution is -0.144. The second kappa shape index (κ2) is 14.8. The molecule has 0 bridgehead atoms. The lowest BCUT2D eigenvalue weighted by atomic mass is 9.86. The van der Waals surface area contributed by atoms with E-state index in [-0.39, 0.29) is 5.78 Å². The normalized spacial score (nSPS) is 11.4. The zero-order valence-corrected chi connectivity index (χ0v) is 20.8. The van der Waals surface area contributed by atoms with Crippen molar-refractivity contribution >= 4 is 20.9 Å². The molecular formula is C26H37O4P. The molecular weight excluding hydrogens is 407 g/mol. The van der Waals surface area contributed by atoms with Gasteiger partial charge in [-0.3, -0.25) is 9.59 Å². The minimum absolute atomic E-state index is 0.181. The Labute approximate surface area is 189 Å². The van der Waals surface area contributed by atoms with E-state index in [1.807, 2.05) is 63.2 Å². The number of Topliss-reactive ketones (excluding diaryl/α,β-unsaturated/α-hetero) is 1. The fraction of sp³-hybridized carbons (Fsp3) is 0.462. The van der Waals surface area contributed by atoms with Crippen LogP contribution in [0.5, 0.6) is 0 Å². The van der Waals surface area contributed by atoms with Crippen molar-refractivity contribution in [2.45, 2.75) is 72.1 Å². The summed E-state index contributed by atoms with van der Waals surface area (Å²) in [7, 11) is 0.611. The Kier molecular flexibility index (Phi) is 12.8. The minimum atomic E-state index is -0.920. The monoisotopic (exact) mass is 444 g/mol. The van der Waals surface area contributed by atoms with E-state index in [4.69, 9.17) is 9.30 Å². The van der Waals surface area contributed by atoms with Gasteiger partial charge in [0.15, 0.2) is 5.78 Å². The summed E-state index contributed by atoms with van der Waals surface area (Å²) in [5, 5.41) is 0. The summed E-state index contributed by atoms with van der Waals surface area (Å²) in [6.07, 6.45) is 6.74. The maximum absolute atomic E-state index is 13.4. The van der Waals surface area contributed by atoms with Crippen LogP contribution in [-0.2, 0) is 14.1 Å². The van der Waals surface area contributed by atoms with Gasteiger partial charge in [-0.05, 0) is 43.9 Å². The Morgan fingerprint density at radius 2 is 1.42 bits per heavy atom. The number of hydrogen-bond acceptors (Lipinski definition) is 4. The van der Waals surface area contributed by atoms with Crippen LogP contribution in [-0.4, -0.2) is 18.4 Å². The number of esters is 1. The van der Waals surface area contributed by atoms with Crippen LogP contribution >= 0.6 is 9.12 Å². The smallest absolute Gasteiger partial charge is 0.321 e. The lowest BCUT2D eigenvalue weighted by Gasteiger charge is -2.18. The quantitative estimate of drug-likeness (QED) is 0.132. The van der Waals surface area contributed by atoms with Crippen molar-refractivity contribution in [2.75, 3.05) is 6.61 Å². The molecule has 0 amide bonds. The molecule has 0 saturated carbocycles. The largest absolute Gasteiger partial charge is 0.465 e. The molecule has 0 radical (unpaired) electrons. The number of carbonyl (C=O) groups is 2. The van der Waals surface area contributed by atoms with E-state index in [2.05, 4.69) is 6.92 Å². The maximum atomic E-state index is 13.4. The maximum Gasteiger partial charge on any atom is 0.321 e. The van der Waals surface area contributed by atoms with E-state index >= 15 is 0 Å². The van der Waals surface area contributed by atoms with Crippen molar-refractivity contribution in [2.24, 2.45) is 0 Å². The zero-order chi connectivity index (χ0) is 23.2. The Morgan fingerprint density at radius 1 is 0.871 bits per heavy atom. The van der Waals surface area contributed by atoms with Crippen molar-refractivity contribution in [1.29, 1.82) is 0 Å². The number of ketones is 1. The summed E-state index contributed by atoms with van der Waals surface area (Å²) in [6.45, 7) is 8.43. The van der Waals surface area contributed by atoms with Gasteiger partial charge < -0.3 is 9.30 Å². The molecule has 2 aromatic carbocycles. The molecule has 2 rings (SSSR count). The molecule has 0 saturated heterocycles. The molecule has 0 heterocycles. The summed E-state index contributed by atoms with van der Waals surface area (Å²) >= 11 is 0. The molecule has 2 unspecified atom stereocenters. The fourth-order valence-electron chi connectivity index (χ4n) is 3.89. The summed E-state index contributed by atoms with van der Waals surface area (Å²) < 4.78 is 13.8. The van der Waals surface area contributed by atoms with Crippen LogP contribution < -0.4 is 0 Å². The number of benzene rings is 2. The highest BCUT2D eigenvalue weighted by Crippen LogP contribution is 2.27. The van der Waals surface area contributed by atoms with Gasteiger partial charge in [-0.1, -0.05) is 87.1 Å². The first kappa shape index (κ1) is 26.8. The van der Waals surface area contributed by atoms with Crippen molar-refractivity contribution < 1.29 is 18.9 Å². The summed E-state index contributed by atoms with van der Waals surface area (Å²) in [4.78, 5) is 26.4. The van der Waals surface area contributed by atoms with Gasteiger partial charge in [0.25, 0.3) is 0 Å². The molecule has 0 aromatic heterocycles. The first-order valence-electron chi connectivity index (χ1n) is 11.1. The van der Waals surface area contributed by atoms with E-state index in [0.717, 1.165) is 36.0 Å². The second-order valence-electron chi connectivity index (χ2n) is 7.92. The van der Waals surface area contributed by atoms with Crippen molar-refractivity contribution in [3.63, 3.8) is 0 Å². The highest BCUT2D eigenvalue weighted by Gasteiger charge is 2.32. The number of unbranched alkanes of at least 4 members (excludes halogenated alkanes) is 5. The molecule has 0 aliphatic rings. The topological polar surface area (TPSA) is 60.4 Å². The molecule has 0 aliphatic carbocycles. The minimum Gasteiger partial charge on any atom is -0.465 e. The van der Waals surface area contributed by atoms with E-state index in [1.165, 1.54) is 19.3 Å². The van der Waals surface area contributed by atoms with Crippen molar-refractivity contribution in [3.8, 4) is 0 Å². The third kappa shape index (κ3) is 8.45. The van der Waals surface area contributed by atoms with Gasteiger partial charge in [0.2, 0.25) is 0 Å². The standard InChI is InChI=1S/C26H34O3.H3OP/c1-5-6-7-8-9-13-16-29-26(28)24(22-14-11-10-12-15-22)25(27)23-20(3)17-19(2)18-21(23)4;1-2/h10-12,14-15,17-18,24H,5-9,13,16H2,1-4H3;2H3. The van der Waals surface area contributed by atoms with Crippen LogP contribution in [0.15, 0.2) is 42.5 Å². The van der Waals surface area contributed by atoms with Crippen LogP contribution in [0.25, 0.3) is 0 Å². The van der Waals surface area contributed by atoms with Gasteiger partial charge in [0, 0.05) is 5.56 Å². The van der Waals surface area contributed by atoms with Crippen LogP contribution in [0.1, 0.15) is 84.0 Å². The summed E-state index contributed by atoms with van der Waals surface area (Å²) in [6, 6.07) is 13.2. The number of carbonyl (C=O) groups excluding carboxylic acids is 2. The van der Waals surface area contributed by atoms with Gasteiger partial charge in [-0.2, -0.15) is 0 Å². The molecule has 0 aliphatic heterocycles. The van der Waals surface area contributed by atoms with Gasteiger partial charge in [0.05, 0.1) is 15.7 Å². The average Bonchev–Trinajstić information content (AvgIpc) is 2.75. The number of hydrogen-bond donors (Lipinski definition) is 0. The number of rotatable bonds is 11. The molecule has 4 nitrogen and oxygen atoms in total. The number of ether oxygens (including phenoxy) is 1. The van der Waals surface area contributed by atoms with E-state index < -0.39 is 11.9 Å². The molecule has 0 N–H and O–H groups in total. The first-order chi connectivity index (χ1) is 15.0. The lowest BCUT2D eigenvalue weighted by Crippen LogP contribution is -2.26. The van der Waals surface area contributed by atoms with Crippen LogP contribution in [0, 0.1) is 20.8 Å². The molecule has 2 aromatic rings. The highest BCUT2D eigenvalue weighted by molar-refractivity contribution is 7.00. The molecule has 5 heteroatoms. The number of aryl methyl sites for hydroxylation is 3. The Bertz CT molecular complexity index is 810. The average molecular weight is 445 g/mol. The molecule has 0 spiro atoms. The van der Waals surface area contributed by atoms with Gasteiger partial charge in [-0.25, -0.2) is 0 Å². The third-order valence-corrected chi connectivity index (χ3v) is 5.30. The summed E-state index contributed by atoms with van der Waals surface area (Å²) in [5.41, 5.74) is 4.22. The van der Waals surface area contributed by atoms with Crippen molar-refractivity contribution in [1.82, 2.24) is 0 Å². The van der Waals surface area contributed by atoms with Gasteiger partial charge in [-0.15, -0.1) is 0 Å². The van der Waals surface area contributed by atoms with E-state index in [1.54, 1.807) is 0 Å². The van der Waals surface area contributed by atoms with Crippen LogP contribution in [0.4, 0.5) is 0 Å². The molecule has 31 heavy (non-hydrogen) atoms. The second-order valence-corrected chi connectivity index (χ2v) is 7.92. The van der Waals surface area contributed by atoms with E-state index in [0.29, 0.717) is 26.9 Å². The zero-order valence-electron chi connectivity index (χ0n) is 19.4. The summed E-state index contributed by atoms with van der Waals surface area (Å²) in [5.74, 6) is -1.55.